The molecule has 2 heterocycles. The maximum absolute atomic E-state index is 5.84. The Bertz CT molecular complexity index is 794. The molecule has 0 fully saturated rings. The molecule has 0 aliphatic heterocycles. The molecule has 0 saturated heterocycles. The van der Waals surface area contributed by atoms with E-state index in [1.807, 2.05) is 43.3 Å². The summed E-state index contributed by atoms with van der Waals surface area (Å²) >= 11 is 0. The minimum Gasteiger partial charge on any atom is -0.487 e. The van der Waals surface area contributed by atoms with Crippen LogP contribution in [0.5, 0.6) is 5.75 Å². The van der Waals surface area contributed by atoms with Crippen molar-refractivity contribution in [3.63, 3.8) is 0 Å². The fourth-order valence-corrected chi connectivity index (χ4v) is 2.43. The number of hydrogen-bond acceptors (Lipinski definition) is 6. The van der Waals surface area contributed by atoms with Crippen molar-refractivity contribution >= 4 is 16.7 Å². The molecule has 3 rings (SSSR count). The lowest BCUT2D eigenvalue weighted by molar-refractivity contribution is 0.234. The van der Waals surface area contributed by atoms with E-state index in [1.54, 1.807) is 12.4 Å². The summed E-state index contributed by atoms with van der Waals surface area (Å²) in [6, 6.07) is 11.7. The molecule has 0 amide bonds. The van der Waals surface area contributed by atoms with Crippen LogP contribution in [0.3, 0.4) is 0 Å². The molecule has 1 aromatic carbocycles. The van der Waals surface area contributed by atoms with Gasteiger partial charge in [-0.1, -0.05) is 12.1 Å². The molecule has 0 aliphatic carbocycles. The number of hydrogen-bond donors (Lipinski definition) is 2. The number of pyridine rings is 1. The Morgan fingerprint density at radius 2 is 2.04 bits per heavy atom. The van der Waals surface area contributed by atoms with Crippen LogP contribution < -0.4 is 15.8 Å². The predicted octanol–water partition coefficient (Wildman–Crippen LogP) is 2.41. The molecule has 2 aromatic heterocycles. The van der Waals surface area contributed by atoms with E-state index in [0.717, 1.165) is 28.3 Å². The number of para-hydroxylation sites is 1. The smallest absolute Gasteiger partial charge is 0.138 e. The van der Waals surface area contributed by atoms with E-state index in [-0.39, 0.29) is 6.10 Å². The minimum absolute atomic E-state index is 0.0270. The van der Waals surface area contributed by atoms with E-state index < -0.39 is 0 Å². The first-order valence-corrected chi connectivity index (χ1v) is 8.02. The number of fused-ring (bicyclic) bond motifs is 1. The van der Waals surface area contributed by atoms with Crippen LogP contribution in [-0.4, -0.2) is 34.1 Å². The molecule has 6 nitrogen and oxygen atoms in total. The Balaban J connectivity index is 1.74. The maximum atomic E-state index is 5.84. The van der Waals surface area contributed by atoms with E-state index in [2.05, 4.69) is 20.3 Å². The van der Waals surface area contributed by atoms with E-state index in [1.165, 1.54) is 0 Å². The number of aromatic nitrogens is 3. The predicted molar refractivity (Wildman–Crippen MR) is 95.1 cm³/mol. The first-order valence-electron chi connectivity index (χ1n) is 8.02. The zero-order valence-corrected chi connectivity index (χ0v) is 13.6. The lowest BCUT2D eigenvalue weighted by Gasteiger charge is -2.16. The van der Waals surface area contributed by atoms with Gasteiger partial charge in [0.25, 0.3) is 0 Å². The lowest BCUT2D eigenvalue weighted by Crippen LogP contribution is -2.23. The van der Waals surface area contributed by atoms with E-state index in [0.29, 0.717) is 19.5 Å². The van der Waals surface area contributed by atoms with Crippen molar-refractivity contribution in [2.45, 2.75) is 19.4 Å². The van der Waals surface area contributed by atoms with Gasteiger partial charge in [-0.15, -0.1) is 0 Å². The number of benzene rings is 1. The molecule has 3 N–H and O–H groups in total. The molecular formula is C18H21N5O. The van der Waals surface area contributed by atoms with Gasteiger partial charge in [0.15, 0.2) is 0 Å². The van der Waals surface area contributed by atoms with Crippen LogP contribution in [0.2, 0.25) is 0 Å². The number of rotatable bonds is 7. The average molecular weight is 323 g/mol. The number of ether oxygens (including phenoxy) is 1. The molecule has 0 spiro atoms. The Morgan fingerprint density at radius 1 is 1.17 bits per heavy atom. The summed E-state index contributed by atoms with van der Waals surface area (Å²) in [6.45, 7) is 3.15. The van der Waals surface area contributed by atoms with E-state index in [4.69, 9.17) is 10.5 Å². The second kappa shape index (κ2) is 7.70. The van der Waals surface area contributed by atoms with Crippen molar-refractivity contribution in [2.75, 3.05) is 18.4 Å². The molecule has 0 saturated carbocycles. The van der Waals surface area contributed by atoms with Crippen molar-refractivity contribution in [3.05, 3.63) is 54.6 Å². The zero-order chi connectivity index (χ0) is 16.8. The second-order valence-corrected chi connectivity index (χ2v) is 5.54. The summed E-state index contributed by atoms with van der Waals surface area (Å²) in [5.41, 5.74) is 6.55. The molecule has 24 heavy (non-hydrogen) atoms. The average Bonchev–Trinajstić information content (AvgIpc) is 2.61. The van der Waals surface area contributed by atoms with Gasteiger partial charge in [-0.05, 0) is 37.7 Å². The molecule has 0 bridgehead atoms. The van der Waals surface area contributed by atoms with Gasteiger partial charge in [0.2, 0.25) is 0 Å². The van der Waals surface area contributed by atoms with Gasteiger partial charge < -0.3 is 15.8 Å². The molecule has 124 valence electrons. The van der Waals surface area contributed by atoms with E-state index >= 15 is 0 Å². The van der Waals surface area contributed by atoms with Crippen LogP contribution in [-0.2, 0) is 6.42 Å². The Labute approximate surface area is 141 Å². The van der Waals surface area contributed by atoms with Crippen LogP contribution in [0.1, 0.15) is 12.7 Å². The number of anilines is 1. The molecule has 6 heteroatoms. The molecular weight excluding hydrogens is 302 g/mol. The first-order chi connectivity index (χ1) is 11.8. The van der Waals surface area contributed by atoms with Gasteiger partial charge in [0, 0.05) is 18.0 Å². The molecule has 1 unspecified atom stereocenters. The Hall–Kier alpha value is -2.73. The van der Waals surface area contributed by atoms with Gasteiger partial charge in [0.1, 0.15) is 23.5 Å². The highest BCUT2D eigenvalue weighted by molar-refractivity contribution is 5.88. The van der Waals surface area contributed by atoms with E-state index in [9.17, 15) is 0 Å². The van der Waals surface area contributed by atoms with Gasteiger partial charge in [-0.25, -0.2) is 9.97 Å². The lowest BCUT2D eigenvalue weighted by atomic mass is 10.2. The standard InChI is InChI=1S/C18H21N5O/c1-13(24-14-5-4-10-20-12-14)11-21-18-15-6-2-3-7-16(15)22-17(23-18)8-9-19/h2-7,10,12-13H,8-9,11,19H2,1H3,(H,21,22,23). The molecule has 1 atom stereocenters. The fraction of sp³-hybridized carbons (Fsp3) is 0.278. The number of nitrogens with two attached hydrogens (primary N) is 1. The molecule has 0 aliphatic rings. The SMILES string of the molecule is CC(CNc1nc(CCN)nc2ccccc12)Oc1cccnc1. The normalized spacial score (nSPS) is 12.1. The minimum atomic E-state index is -0.0270. The number of nitrogens with zero attached hydrogens (tertiary/aromatic N) is 3. The summed E-state index contributed by atoms with van der Waals surface area (Å²) in [6.07, 6.45) is 4.06. The zero-order valence-electron chi connectivity index (χ0n) is 13.6. The first kappa shape index (κ1) is 16.1. The fourth-order valence-electron chi connectivity index (χ4n) is 2.43. The third kappa shape index (κ3) is 3.97. The number of nitrogens with one attached hydrogen (secondary N) is 1. The third-order valence-corrected chi connectivity index (χ3v) is 3.55. The second-order valence-electron chi connectivity index (χ2n) is 5.54. The van der Waals surface area contributed by atoms with Crippen molar-refractivity contribution in [1.29, 1.82) is 0 Å². The highest BCUT2D eigenvalue weighted by Crippen LogP contribution is 2.20. The highest BCUT2D eigenvalue weighted by atomic mass is 16.5. The van der Waals surface area contributed by atoms with Crippen LogP contribution in [0.15, 0.2) is 48.8 Å². The summed E-state index contributed by atoms with van der Waals surface area (Å²) in [4.78, 5) is 13.2. The quantitative estimate of drug-likeness (QED) is 0.694. The highest BCUT2D eigenvalue weighted by Gasteiger charge is 2.09. The summed E-state index contributed by atoms with van der Waals surface area (Å²) in [7, 11) is 0. The topological polar surface area (TPSA) is 86.0 Å². The van der Waals surface area contributed by atoms with Gasteiger partial charge in [0.05, 0.1) is 18.3 Å². The Morgan fingerprint density at radius 3 is 2.83 bits per heavy atom. The molecule has 3 aromatic rings. The van der Waals surface area contributed by atoms with Gasteiger partial charge in [-0.3, -0.25) is 4.98 Å². The summed E-state index contributed by atoms with van der Waals surface area (Å²) in [5, 5.41) is 4.36. The van der Waals surface area contributed by atoms with Crippen LogP contribution in [0, 0.1) is 0 Å². The van der Waals surface area contributed by atoms with Crippen molar-refractivity contribution in [2.24, 2.45) is 5.73 Å². The van der Waals surface area contributed by atoms with Gasteiger partial charge in [-0.2, -0.15) is 0 Å². The van der Waals surface area contributed by atoms with Gasteiger partial charge >= 0.3 is 0 Å². The monoisotopic (exact) mass is 323 g/mol. The van der Waals surface area contributed by atoms with Crippen molar-refractivity contribution in [1.82, 2.24) is 15.0 Å². The largest absolute Gasteiger partial charge is 0.487 e. The maximum Gasteiger partial charge on any atom is 0.138 e. The van der Waals surface area contributed by atoms with Crippen molar-refractivity contribution < 1.29 is 4.74 Å². The summed E-state index contributed by atoms with van der Waals surface area (Å²) in [5.74, 6) is 2.31. The van der Waals surface area contributed by atoms with Crippen LogP contribution >= 0.6 is 0 Å². The van der Waals surface area contributed by atoms with Crippen LogP contribution in [0.25, 0.3) is 10.9 Å². The van der Waals surface area contributed by atoms with Crippen LogP contribution in [0.4, 0.5) is 5.82 Å². The molecule has 0 radical (unpaired) electrons. The van der Waals surface area contributed by atoms with Crippen molar-refractivity contribution in [3.8, 4) is 5.75 Å². The Kier molecular flexibility index (Phi) is 5.18. The summed E-state index contributed by atoms with van der Waals surface area (Å²) < 4.78 is 5.84. The third-order valence-electron chi connectivity index (χ3n) is 3.55.